The SMILES string of the molecule is C=C(O)CC(CN1CC[C@@H](CCC(=C)/C=C\C2=C(C)NCCC2)C1)c1cccc(-n2nc(C)cc2C)c1. The monoisotopic (exact) mass is 500 g/mol. The molecule has 0 spiro atoms. The van der Waals surface area contributed by atoms with Crippen molar-refractivity contribution in [2.75, 3.05) is 26.2 Å². The molecule has 2 aromatic rings. The topological polar surface area (TPSA) is 53.3 Å². The summed E-state index contributed by atoms with van der Waals surface area (Å²) in [4.78, 5) is 2.56. The van der Waals surface area contributed by atoms with Crippen molar-refractivity contribution in [2.45, 2.75) is 65.2 Å². The Morgan fingerprint density at radius 2 is 2.08 bits per heavy atom. The second-order valence-electron chi connectivity index (χ2n) is 11.0. The molecule has 1 aromatic heterocycles. The van der Waals surface area contributed by atoms with Crippen LogP contribution in [-0.4, -0.2) is 46.0 Å². The maximum absolute atomic E-state index is 10.1. The lowest BCUT2D eigenvalue weighted by molar-refractivity contribution is 0.282. The summed E-state index contributed by atoms with van der Waals surface area (Å²) in [6.45, 7) is 18.6. The Labute approximate surface area is 223 Å². The van der Waals surface area contributed by atoms with Crippen molar-refractivity contribution in [1.29, 1.82) is 0 Å². The largest absolute Gasteiger partial charge is 0.513 e. The molecule has 0 radical (unpaired) electrons. The highest BCUT2D eigenvalue weighted by atomic mass is 16.3. The van der Waals surface area contributed by atoms with Gasteiger partial charge in [0.2, 0.25) is 0 Å². The molecule has 0 bridgehead atoms. The third-order valence-electron chi connectivity index (χ3n) is 7.82. The van der Waals surface area contributed by atoms with Crippen LogP contribution in [0, 0.1) is 19.8 Å². The minimum absolute atomic E-state index is 0.201. The lowest BCUT2D eigenvalue weighted by Gasteiger charge is -2.24. The zero-order valence-corrected chi connectivity index (χ0v) is 23.0. The highest BCUT2D eigenvalue weighted by molar-refractivity contribution is 5.39. The molecule has 198 valence electrons. The first-order valence-electron chi connectivity index (χ1n) is 13.8. The molecule has 3 heterocycles. The Morgan fingerprint density at radius 1 is 1.24 bits per heavy atom. The lowest BCUT2D eigenvalue weighted by Crippen LogP contribution is -2.27. The zero-order chi connectivity index (χ0) is 26.4. The Morgan fingerprint density at radius 3 is 2.81 bits per heavy atom. The molecule has 1 unspecified atom stereocenters. The number of nitrogens with zero attached hydrogens (tertiary/aromatic N) is 3. The third-order valence-corrected chi connectivity index (χ3v) is 7.82. The number of nitrogens with one attached hydrogen (secondary N) is 1. The average molecular weight is 501 g/mol. The highest BCUT2D eigenvalue weighted by Crippen LogP contribution is 2.30. The molecular weight excluding hydrogens is 456 g/mol. The number of hydrogen-bond acceptors (Lipinski definition) is 4. The Hall–Kier alpha value is -3.05. The van der Waals surface area contributed by atoms with Gasteiger partial charge in [0.05, 0.1) is 17.1 Å². The molecule has 0 aliphatic carbocycles. The summed E-state index contributed by atoms with van der Waals surface area (Å²) in [6.07, 6.45) is 10.9. The van der Waals surface area contributed by atoms with E-state index >= 15 is 0 Å². The number of aliphatic hydroxyl groups is 1. The van der Waals surface area contributed by atoms with E-state index < -0.39 is 0 Å². The summed E-state index contributed by atoms with van der Waals surface area (Å²) < 4.78 is 2.00. The van der Waals surface area contributed by atoms with Crippen LogP contribution in [0.25, 0.3) is 5.69 Å². The number of aryl methyl sites for hydroxylation is 2. The van der Waals surface area contributed by atoms with Crippen LogP contribution in [-0.2, 0) is 0 Å². The average Bonchev–Trinajstić information content (AvgIpc) is 3.46. The summed E-state index contributed by atoms with van der Waals surface area (Å²) in [5, 5.41) is 18.2. The predicted molar refractivity (Wildman–Crippen MR) is 154 cm³/mol. The second kappa shape index (κ2) is 12.5. The molecule has 1 fully saturated rings. The van der Waals surface area contributed by atoms with Gasteiger partial charge in [0.1, 0.15) is 0 Å². The maximum Gasteiger partial charge on any atom is 0.0857 e. The first kappa shape index (κ1) is 27.0. The normalized spacial score (nSPS) is 19.4. The van der Waals surface area contributed by atoms with Gasteiger partial charge in [-0.1, -0.05) is 43.0 Å². The van der Waals surface area contributed by atoms with Crippen LogP contribution in [0.1, 0.15) is 68.3 Å². The molecule has 1 saturated heterocycles. The van der Waals surface area contributed by atoms with Crippen LogP contribution in [0.3, 0.4) is 0 Å². The molecule has 5 nitrogen and oxygen atoms in total. The van der Waals surface area contributed by atoms with Gasteiger partial charge in [-0.3, -0.25) is 0 Å². The van der Waals surface area contributed by atoms with Crippen molar-refractivity contribution in [2.24, 2.45) is 5.92 Å². The van der Waals surface area contributed by atoms with E-state index in [1.807, 2.05) is 11.6 Å². The molecule has 1 aromatic carbocycles. The molecule has 2 aliphatic rings. The van der Waals surface area contributed by atoms with Crippen molar-refractivity contribution >= 4 is 0 Å². The Balaban J connectivity index is 1.33. The molecule has 4 rings (SSSR count). The minimum Gasteiger partial charge on any atom is -0.513 e. The van der Waals surface area contributed by atoms with Crippen LogP contribution >= 0.6 is 0 Å². The minimum atomic E-state index is 0.201. The third kappa shape index (κ3) is 7.48. The van der Waals surface area contributed by atoms with Crippen LogP contribution in [0.4, 0.5) is 0 Å². The Bertz CT molecular complexity index is 1170. The molecule has 2 atom stereocenters. The number of hydrogen-bond donors (Lipinski definition) is 2. The summed E-state index contributed by atoms with van der Waals surface area (Å²) >= 11 is 0. The van der Waals surface area contributed by atoms with Gasteiger partial charge in [-0.05, 0) is 94.7 Å². The summed E-state index contributed by atoms with van der Waals surface area (Å²) in [6, 6.07) is 10.7. The van der Waals surface area contributed by atoms with Crippen LogP contribution in [0.15, 0.2) is 78.2 Å². The van der Waals surface area contributed by atoms with E-state index in [0.717, 1.165) is 56.1 Å². The van der Waals surface area contributed by atoms with E-state index in [0.29, 0.717) is 12.3 Å². The van der Waals surface area contributed by atoms with Crippen molar-refractivity contribution in [3.63, 3.8) is 0 Å². The van der Waals surface area contributed by atoms with Crippen LogP contribution in [0.2, 0.25) is 0 Å². The molecule has 2 aliphatic heterocycles. The number of likely N-dealkylation sites (tertiary alicyclic amines) is 1. The van der Waals surface area contributed by atoms with E-state index in [1.165, 1.54) is 41.7 Å². The molecule has 0 saturated carbocycles. The van der Waals surface area contributed by atoms with E-state index in [9.17, 15) is 5.11 Å². The summed E-state index contributed by atoms with van der Waals surface area (Å²) in [5.74, 6) is 1.15. The quantitative estimate of drug-likeness (QED) is 0.260. The molecule has 37 heavy (non-hydrogen) atoms. The van der Waals surface area contributed by atoms with E-state index in [2.05, 4.69) is 84.8 Å². The van der Waals surface area contributed by atoms with Crippen molar-refractivity contribution in [3.05, 3.63) is 95.2 Å². The van der Waals surface area contributed by atoms with Gasteiger partial charge >= 0.3 is 0 Å². The fraction of sp³-hybridized carbons (Fsp3) is 0.469. The number of aliphatic hydroxyl groups excluding tert-OH is 1. The number of rotatable bonds is 11. The first-order valence-corrected chi connectivity index (χ1v) is 13.8. The highest BCUT2D eigenvalue weighted by Gasteiger charge is 2.26. The fourth-order valence-electron chi connectivity index (χ4n) is 5.75. The van der Waals surface area contributed by atoms with Gasteiger partial charge in [0.25, 0.3) is 0 Å². The van der Waals surface area contributed by atoms with Crippen molar-refractivity contribution < 1.29 is 5.11 Å². The van der Waals surface area contributed by atoms with Gasteiger partial charge in [-0.15, -0.1) is 0 Å². The molecule has 5 heteroatoms. The zero-order valence-electron chi connectivity index (χ0n) is 23.0. The summed E-state index contributed by atoms with van der Waals surface area (Å²) in [7, 11) is 0. The van der Waals surface area contributed by atoms with Crippen molar-refractivity contribution in [3.8, 4) is 5.69 Å². The van der Waals surface area contributed by atoms with Gasteiger partial charge in [0, 0.05) is 43.4 Å². The van der Waals surface area contributed by atoms with Crippen molar-refractivity contribution in [1.82, 2.24) is 20.0 Å². The molecule has 0 amide bonds. The smallest absolute Gasteiger partial charge is 0.0857 e. The maximum atomic E-state index is 10.1. The van der Waals surface area contributed by atoms with E-state index in [-0.39, 0.29) is 11.7 Å². The lowest BCUT2D eigenvalue weighted by atomic mass is 9.93. The van der Waals surface area contributed by atoms with Crippen LogP contribution in [0.5, 0.6) is 0 Å². The van der Waals surface area contributed by atoms with Gasteiger partial charge in [-0.25, -0.2) is 4.68 Å². The van der Waals surface area contributed by atoms with Gasteiger partial charge in [-0.2, -0.15) is 5.10 Å². The van der Waals surface area contributed by atoms with E-state index in [1.54, 1.807) is 0 Å². The molecule has 2 N–H and O–H groups in total. The van der Waals surface area contributed by atoms with E-state index in [4.69, 9.17) is 0 Å². The first-order chi connectivity index (χ1) is 17.8. The molecular formula is C32H44N4O. The van der Waals surface area contributed by atoms with Gasteiger partial charge in [0.15, 0.2) is 0 Å². The van der Waals surface area contributed by atoms with Crippen LogP contribution < -0.4 is 5.32 Å². The number of aromatic nitrogens is 2. The predicted octanol–water partition coefficient (Wildman–Crippen LogP) is 6.91. The second-order valence-corrected chi connectivity index (χ2v) is 11.0. The fourth-order valence-corrected chi connectivity index (χ4v) is 5.75. The number of allylic oxidation sites excluding steroid dienone is 6. The van der Waals surface area contributed by atoms with Gasteiger partial charge < -0.3 is 15.3 Å². The Kier molecular flexibility index (Phi) is 9.09. The summed E-state index contributed by atoms with van der Waals surface area (Å²) in [5.41, 5.74) is 8.38. The number of benzene rings is 1. The standard InChI is InChI=1S/C32H44N4O/c1-23(12-14-29-9-7-16-33-27(29)5)11-13-28-15-17-35(21-28)22-31(19-26(4)37)30-8-6-10-32(20-30)36-25(3)18-24(2)34-36/h6,8,10,12,14,18,20,28,31,33,37H,1,4,7,9,11,13,15-17,19,21-22H2,2-3,5H3/b14-12-/t28-,31?/m1/s1.